The molecule has 1 aromatic carbocycles. The van der Waals surface area contributed by atoms with Gasteiger partial charge in [-0.05, 0) is 60.9 Å². The molecule has 1 aromatic heterocycles. The number of rotatable bonds is 4. The number of nitriles is 1. The Hall–Kier alpha value is -2.98. The summed E-state index contributed by atoms with van der Waals surface area (Å²) in [5.74, 6) is -0.467. The van der Waals surface area contributed by atoms with Crippen LogP contribution in [0.15, 0.2) is 52.5 Å². The lowest BCUT2D eigenvalue weighted by Gasteiger charge is -2.41. The first-order valence-corrected chi connectivity index (χ1v) is 10.6. The number of carbonyl (C=O) groups excluding carboxylic acids is 1. The fraction of sp³-hybridized carbons (Fsp3) is 0.304. The van der Waals surface area contributed by atoms with Gasteiger partial charge in [0.05, 0.1) is 11.1 Å². The van der Waals surface area contributed by atoms with E-state index in [0.29, 0.717) is 21.9 Å². The van der Waals surface area contributed by atoms with Crippen molar-refractivity contribution in [3.63, 3.8) is 0 Å². The van der Waals surface area contributed by atoms with Crippen molar-refractivity contribution >= 4 is 22.7 Å². The molecule has 2 aromatic rings. The molecule has 2 atom stereocenters. The zero-order chi connectivity index (χ0) is 21.3. The Morgan fingerprint density at radius 2 is 2.23 bits per heavy atom. The van der Waals surface area contributed by atoms with Crippen LogP contribution in [0, 0.1) is 23.1 Å². The third-order valence-corrected chi connectivity index (χ3v) is 6.74. The molecule has 1 unspecified atom stereocenters. The fourth-order valence-corrected chi connectivity index (χ4v) is 5.36. The van der Waals surface area contributed by atoms with Gasteiger partial charge in [0, 0.05) is 24.1 Å². The lowest BCUT2D eigenvalue weighted by molar-refractivity contribution is 0.0988. The van der Waals surface area contributed by atoms with Crippen LogP contribution in [0.3, 0.4) is 0 Å². The minimum atomic E-state index is -0.808. The number of allylic oxidation sites excluding steroid dienone is 1. The second-order valence-corrected chi connectivity index (χ2v) is 8.84. The van der Waals surface area contributed by atoms with E-state index in [4.69, 9.17) is 11.0 Å². The molecule has 1 aliphatic carbocycles. The van der Waals surface area contributed by atoms with E-state index < -0.39 is 5.54 Å². The highest BCUT2D eigenvalue weighted by Gasteiger charge is 2.44. The first-order valence-electron chi connectivity index (χ1n) is 9.82. The topological polar surface area (TPSA) is 92.1 Å². The number of ketones is 1. The molecule has 0 radical (unpaired) electrons. The maximum absolute atomic E-state index is 15.0. The SMILES string of the molecule is C[C@]1(c2cc(CC(=O)c3ccc(C#N)cn3)ccc2F)N=C(N)SC2=CCCCC21. The first-order chi connectivity index (χ1) is 14.4. The van der Waals surface area contributed by atoms with E-state index in [9.17, 15) is 9.18 Å². The summed E-state index contributed by atoms with van der Waals surface area (Å²) in [6, 6.07) is 9.82. The number of benzene rings is 1. The van der Waals surface area contributed by atoms with E-state index in [2.05, 4.69) is 16.1 Å². The lowest BCUT2D eigenvalue weighted by Crippen LogP contribution is -2.38. The number of hydrogen-bond donors (Lipinski definition) is 1. The third kappa shape index (κ3) is 3.75. The summed E-state index contributed by atoms with van der Waals surface area (Å²) < 4.78 is 15.0. The molecule has 5 nitrogen and oxygen atoms in total. The van der Waals surface area contributed by atoms with Crippen LogP contribution in [-0.2, 0) is 12.0 Å². The van der Waals surface area contributed by atoms with E-state index in [0.717, 1.165) is 24.2 Å². The summed E-state index contributed by atoms with van der Waals surface area (Å²) in [7, 11) is 0. The summed E-state index contributed by atoms with van der Waals surface area (Å²) in [6.07, 6.45) is 6.59. The number of nitrogens with zero attached hydrogens (tertiary/aromatic N) is 3. The maximum Gasteiger partial charge on any atom is 0.185 e. The van der Waals surface area contributed by atoms with Crippen molar-refractivity contribution in [3.05, 3.63) is 75.7 Å². The number of thioether (sulfide) groups is 1. The van der Waals surface area contributed by atoms with Gasteiger partial charge in [0.2, 0.25) is 0 Å². The second kappa shape index (κ2) is 8.04. The highest BCUT2D eigenvalue weighted by molar-refractivity contribution is 8.17. The van der Waals surface area contributed by atoms with E-state index in [1.807, 2.05) is 13.0 Å². The molecule has 0 spiro atoms. The number of hydrogen-bond acceptors (Lipinski definition) is 6. The van der Waals surface area contributed by atoms with Gasteiger partial charge in [-0.3, -0.25) is 14.8 Å². The number of aromatic nitrogens is 1. The van der Waals surface area contributed by atoms with Gasteiger partial charge in [-0.1, -0.05) is 23.9 Å². The second-order valence-electron chi connectivity index (χ2n) is 7.75. The molecule has 0 bridgehead atoms. The van der Waals surface area contributed by atoms with Crippen molar-refractivity contribution in [1.29, 1.82) is 5.26 Å². The van der Waals surface area contributed by atoms with Crippen LogP contribution in [0.2, 0.25) is 0 Å². The smallest absolute Gasteiger partial charge is 0.185 e. The molecular weight excluding hydrogens is 399 g/mol. The summed E-state index contributed by atoms with van der Waals surface area (Å²) in [4.78, 5) is 22.5. The fourth-order valence-electron chi connectivity index (χ4n) is 4.19. The number of pyridine rings is 1. The average Bonchev–Trinajstić information content (AvgIpc) is 2.75. The molecule has 7 heteroatoms. The number of fused-ring (bicyclic) bond motifs is 1. The summed E-state index contributed by atoms with van der Waals surface area (Å²) in [5.41, 5.74) is 7.10. The predicted octanol–water partition coefficient (Wildman–Crippen LogP) is 4.48. The Balaban J connectivity index is 1.67. The molecular formula is C23H21FN4OS. The van der Waals surface area contributed by atoms with E-state index in [-0.39, 0.29) is 29.6 Å². The Labute approximate surface area is 178 Å². The van der Waals surface area contributed by atoms with Crippen LogP contribution < -0.4 is 5.73 Å². The largest absolute Gasteiger partial charge is 0.378 e. The Bertz CT molecular complexity index is 1100. The van der Waals surface area contributed by atoms with Crippen molar-refractivity contribution in [3.8, 4) is 6.07 Å². The molecule has 0 saturated carbocycles. The quantitative estimate of drug-likeness (QED) is 0.737. The molecule has 0 saturated heterocycles. The molecule has 2 aliphatic rings. The van der Waals surface area contributed by atoms with Crippen LogP contribution in [0.5, 0.6) is 0 Å². The average molecular weight is 421 g/mol. The van der Waals surface area contributed by atoms with Crippen LogP contribution in [0.25, 0.3) is 0 Å². The van der Waals surface area contributed by atoms with Gasteiger partial charge in [-0.15, -0.1) is 0 Å². The van der Waals surface area contributed by atoms with Crippen molar-refractivity contribution in [2.75, 3.05) is 0 Å². The van der Waals surface area contributed by atoms with Gasteiger partial charge in [0.1, 0.15) is 17.6 Å². The molecule has 0 amide bonds. The zero-order valence-corrected chi connectivity index (χ0v) is 17.4. The van der Waals surface area contributed by atoms with E-state index in [1.54, 1.807) is 18.2 Å². The first kappa shape index (κ1) is 20.3. The van der Waals surface area contributed by atoms with Crippen LogP contribution in [0.4, 0.5) is 4.39 Å². The summed E-state index contributed by atoms with van der Waals surface area (Å²) in [5, 5.41) is 9.31. The maximum atomic E-state index is 15.0. The lowest BCUT2D eigenvalue weighted by atomic mass is 9.74. The van der Waals surface area contributed by atoms with E-state index >= 15 is 0 Å². The highest BCUT2D eigenvalue weighted by Crippen LogP contribution is 2.50. The van der Waals surface area contributed by atoms with Crippen molar-refractivity contribution < 1.29 is 9.18 Å². The molecule has 2 heterocycles. The predicted molar refractivity (Wildman–Crippen MR) is 115 cm³/mol. The molecule has 1 aliphatic heterocycles. The molecule has 30 heavy (non-hydrogen) atoms. The number of nitrogens with two attached hydrogens (primary N) is 1. The Morgan fingerprint density at radius 1 is 1.40 bits per heavy atom. The van der Waals surface area contributed by atoms with Gasteiger partial charge in [0.25, 0.3) is 0 Å². The Kier molecular flexibility index (Phi) is 5.44. The molecule has 152 valence electrons. The zero-order valence-electron chi connectivity index (χ0n) is 16.6. The molecule has 0 fully saturated rings. The van der Waals surface area contributed by atoms with Crippen LogP contribution in [-0.4, -0.2) is 15.9 Å². The Morgan fingerprint density at radius 3 is 2.97 bits per heavy atom. The third-order valence-electron chi connectivity index (χ3n) is 5.75. The van der Waals surface area contributed by atoms with Crippen LogP contribution >= 0.6 is 11.8 Å². The van der Waals surface area contributed by atoms with Gasteiger partial charge in [-0.2, -0.15) is 5.26 Å². The number of Topliss-reactive ketones (excluding diaryl/α,β-unsaturated/α-hetero) is 1. The molecule has 4 rings (SSSR count). The summed E-state index contributed by atoms with van der Waals surface area (Å²) in [6.45, 7) is 1.93. The highest BCUT2D eigenvalue weighted by atomic mass is 32.2. The van der Waals surface area contributed by atoms with Crippen LogP contribution in [0.1, 0.15) is 53.4 Å². The number of aliphatic imine (C=N–C) groups is 1. The van der Waals surface area contributed by atoms with Crippen molar-refractivity contribution in [1.82, 2.24) is 4.98 Å². The number of halogens is 1. The monoisotopic (exact) mass is 420 g/mol. The van der Waals surface area contributed by atoms with Gasteiger partial charge in [-0.25, -0.2) is 4.39 Å². The van der Waals surface area contributed by atoms with Gasteiger partial charge in [0.15, 0.2) is 11.0 Å². The normalized spacial score (nSPS) is 23.0. The van der Waals surface area contributed by atoms with Crippen molar-refractivity contribution in [2.24, 2.45) is 16.6 Å². The number of amidine groups is 1. The molecule has 2 N–H and O–H groups in total. The number of carbonyl (C=O) groups is 1. The van der Waals surface area contributed by atoms with E-state index in [1.165, 1.54) is 30.1 Å². The standard InChI is InChI=1S/C23H21FN4OS/c1-23(16-4-2-3-5-21(16)30-22(26)28-23)17-10-14(6-8-18(17)24)11-20(29)19-9-7-15(12-25)13-27-19/h5-10,13,16H,2-4,11H2,1H3,(H2,26,28)/t16?,23-/m0/s1. The minimum Gasteiger partial charge on any atom is -0.378 e. The van der Waals surface area contributed by atoms with Gasteiger partial charge >= 0.3 is 0 Å². The van der Waals surface area contributed by atoms with Gasteiger partial charge < -0.3 is 5.73 Å². The van der Waals surface area contributed by atoms with Crippen molar-refractivity contribution in [2.45, 2.75) is 38.1 Å². The minimum absolute atomic E-state index is 0.0733. The summed E-state index contributed by atoms with van der Waals surface area (Å²) >= 11 is 1.47.